The first-order valence-electron chi connectivity index (χ1n) is 20.1. The van der Waals surface area contributed by atoms with Crippen LogP contribution in [0.4, 0.5) is 17.1 Å². The van der Waals surface area contributed by atoms with Gasteiger partial charge >= 0.3 is 0 Å². The van der Waals surface area contributed by atoms with E-state index in [1.54, 1.807) is 0 Å². The SMILES string of the molecule is Cc1ccc(C(=Cc2ccc(N(c3ccc(CO)cc3C)c3cc(C)cc4c(C)cc(C=C(c5ccccc5)c5ccccc5)cc34)cc2)c2ccc(C)cc2)cc1. The Morgan fingerprint density at radius 1 is 0.431 bits per heavy atom. The molecule has 1 N–H and O–H groups in total. The fraction of sp³-hybridized carbons (Fsp3) is 0.107. The molecule has 0 aromatic heterocycles. The molecular formula is C56H49NO. The second-order valence-corrected chi connectivity index (χ2v) is 15.5. The summed E-state index contributed by atoms with van der Waals surface area (Å²) in [6, 6.07) is 63.4. The van der Waals surface area contributed by atoms with Gasteiger partial charge in [0, 0.05) is 16.8 Å². The lowest BCUT2D eigenvalue weighted by Crippen LogP contribution is -2.12. The maximum atomic E-state index is 10.1. The smallest absolute Gasteiger partial charge is 0.0681 e. The van der Waals surface area contributed by atoms with Gasteiger partial charge in [-0.3, -0.25) is 0 Å². The van der Waals surface area contributed by atoms with E-state index < -0.39 is 0 Å². The maximum Gasteiger partial charge on any atom is 0.0681 e. The number of hydrogen-bond donors (Lipinski definition) is 1. The van der Waals surface area contributed by atoms with Crippen molar-refractivity contribution in [2.75, 3.05) is 4.90 Å². The van der Waals surface area contributed by atoms with E-state index in [9.17, 15) is 5.11 Å². The van der Waals surface area contributed by atoms with E-state index in [0.717, 1.165) is 39.3 Å². The summed E-state index contributed by atoms with van der Waals surface area (Å²) in [7, 11) is 0. The van der Waals surface area contributed by atoms with E-state index in [1.165, 1.54) is 66.4 Å². The van der Waals surface area contributed by atoms with Gasteiger partial charge in [-0.25, -0.2) is 0 Å². The standard InChI is InChI=1S/C56H49NO/c1-38-16-23-48(24-17-38)52(49-25-18-39(2)19-26-49)34-43-20-27-50(28-21-43)57(55-29-22-44(37-58)33-42(55)5)56-31-40(3)30-51-41(4)32-45(36-54(51)56)35-53(46-12-8-6-9-13-46)47-14-10-7-11-15-47/h6-36,58H,37H2,1-5H3. The molecule has 0 radical (unpaired) electrons. The van der Waals surface area contributed by atoms with Crippen molar-refractivity contribution >= 4 is 51.1 Å². The fourth-order valence-corrected chi connectivity index (χ4v) is 7.96. The lowest BCUT2D eigenvalue weighted by atomic mass is 9.92. The second kappa shape index (κ2) is 16.8. The Kier molecular flexibility index (Phi) is 11.0. The van der Waals surface area contributed by atoms with Gasteiger partial charge in [-0.05, 0) is 149 Å². The van der Waals surface area contributed by atoms with E-state index in [1.807, 2.05) is 6.07 Å². The molecule has 58 heavy (non-hydrogen) atoms. The Bertz CT molecular complexity index is 2670. The van der Waals surface area contributed by atoms with Gasteiger partial charge in [0.05, 0.1) is 12.3 Å². The summed E-state index contributed by atoms with van der Waals surface area (Å²) in [4.78, 5) is 2.39. The molecule has 0 amide bonds. The highest BCUT2D eigenvalue weighted by atomic mass is 16.3. The summed E-state index contributed by atoms with van der Waals surface area (Å²) < 4.78 is 0. The molecule has 8 rings (SSSR count). The predicted molar refractivity (Wildman–Crippen MR) is 248 cm³/mol. The zero-order valence-electron chi connectivity index (χ0n) is 34.0. The van der Waals surface area contributed by atoms with Crippen molar-refractivity contribution in [1.82, 2.24) is 0 Å². The molecule has 0 saturated carbocycles. The van der Waals surface area contributed by atoms with Crippen LogP contribution in [0.15, 0.2) is 176 Å². The monoisotopic (exact) mass is 751 g/mol. The van der Waals surface area contributed by atoms with Gasteiger partial charge in [0.2, 0.25) is 0 Å². The minimum Gasteiger partial charge on any atom is -0.392 e. The van der Waals surface area contributed by atoms with Gasteiger partial charge in [0.25, 0.3) is 0 Å². The summed E-state index contributed by atoms with van der Waals surface area (Å²) in [6.45, 7) is 10.8. The molecule has 0 bridgehead atoms. The van der Waals surface area contributed by atoms with E-state index in [4.69, 9.17) is 0 Å². The van der Waals surface area contributed by atoms with Crippen molar-refractivity contribution in [3.8, 4) is 0 Å². The molecule has 0 heterocycles. The lowest BCUT2D eigenvalue weighted by Gasteiger charge is -2.29. The van der Waals surface area contributed by atoms with Crippen LogP contribution >= 0.6 is 0 Å². The van der Waals surface area contributed by atoms with Crippen molar-refractivity contribution in [1.29, 1.82) is 0 Å². The first kappa shape index (κ1) is 38.1. The van der Waals surface area contributed by atoms with Gasteiger partial charge < -0.3 is 10.0 Å². The van der Waals surface area contributed by atoms with E-state index in [0.29, 0.717) is 0 Å². The van der Waals surface area contributed by atoms with E-state index >= 15 is 0 Å². The zero-order valence-corrected chi connectivity index (χ0v) is 34.0. The van der Waals surface area contributed by atoms with Gasteiger partial charge in [-0.1, -0.05) is 157 Å². The average Bonchev–Trinajstić information content (AvgIpc) is 3.25. The summed E-state index contributed by atoms with van der Waals surface area (Å²) in [5.41, 5.74) is 19.5. The second-order valence-electron chi connectivity index (χ2n) is 15.5. The molecule has 0 aliphatic rings. The summed E-state index contributed by atoms with van der Waals surface area (Å²) in [5.74, 6) is 0. The largest absolute Gasteiger partial charge is 0.392 e. The molecule has 8 aromatic carbocycles. The topological polar surface area (TPSA) is 23.5 Å². The fourth-order valence-electron chi connectivity index (χ4n) is 7.96. The number of hydrogen-bond acceptors (Lipinski definition) is 2. The first-order chi connectivity index (χ1) is 28.2. The molecule has 0 fully saturated rings. The molecule has 2 heteroatoms. The number of rotatable bonds is 10. The minimum absolute atomic E-state index is 0.000121. The molecule has 0 aliphatic heterocycles. The summed E-state index contributed by atoms with van der Waals surface area (Å²) in [6.07, 6.45) is 4.62. The number of benzene rings is 8. The normalized spacial score (nSPS) is 11.0. The highest BCUT2D eigenvalue weighted by Crippen LogP contribution is 2.43. The third-order valence-electron chi connectivity index (χ3n) is 11.0. The molecule has 0 aliphatic carbocycles. The highest BCUT2D eigenvalue weighted by Gasteiger charge is 2.20. The van der Waals surface area contributed by atoms with Crippen LogP contribution in [0.5, 0.6) is 0 Å². The van der Waals surface area contributed by atoms with Gasteiger partial charge in [0.1, 0.15) is 0 Å². The van der Waals surface area contributed by atoms with Crippen molar-refractivity contribution < 1.29 is 5.11 Å². The Morgan fingerprint density at radius 3 is 1.50 bits per heavy atom. The zero-order chi connectivity index (χ0) is 40.2. The van der Waals surface area contributed by atoms with Gasteiger partial charge in [0.15, 0.2) is 0 Å². The third-order valence-corrected chi connectivity index (χ3v) is 11.0. The number of aryl methyl sites for hydroxylation is 5. The van der Waals surface area contributed by atoms with Crippen LogP contribution < -0.4 is 4.90 Å². The van der Waals surface area contributed by atoms with Crippen LogP contribution in [0, 0.1) is 34.6 Å². The molecule has 0 saturated heterocycles. The predicted octanol–water partition coefficient (Wildman–Crippen LogP) is 14.5. The Hall–Kier alpha value is -6.74. The molecule has 0 spiro atoms. The van der Waals surface area contributed by atoms with Gasteiger partial charge in [-0.2, -0.15) is 0 Å². The van der Waals surface area contributed by atoms with Crippen LogP contribution in [0.3, 0.4) is 0 Å². The van der Waals surface area contributed by atoms with Crippen molar-refractivity contribution in [2.45, 2.75) is 41.2 Å². The van der Waals surface area contributed by atoms with Crippen LogP contribution in [-0.4, -0.2) is 5.11 Å². The number of anilines is 3. The minimum atomic E-state index is -0.000121. The number of aliphatic hydroxyl groups excluding tert-OH is 1. The summed E-state index contributed by atoms with van der Waals surface area (Å²) >= 11 is 0. The number of nitrogens with zero attached hydrogens (tertiary/aromatic N) is 1. The van der Waals surface area contributed by atoms with Crippen LogP contribution in [0.2, 0.25) is 0 Å². The Morgan fingerprint density at radius 2 is 0.966 bits per heavy atom. The third kappa shape index (κ3) is 8.20. The molecule has 284 valence electrons. The number of fused-ring (bicyclic) bond motifs is 1. The summed E-state index contributed by atoms with van der Waals surface area (Å²) in [5, 5.41) is 12.5. The van der Waals surface area contributed by atoms with Gasteiger partial charge in [-0.15, -0.1) is 0 Å². The molecule has 0 atom stereocenters. The van der Waals surface area contributed by atoms with Crippen molar-refractivity contribution in [3.05, 3.63) is 243 Å². The molecule has 0 unspecified atom stereocenters. The highest BCUT2D eigenvalue weighted by molar-refractivity contribution is 6.03. The quantitative estimate of drug-likeness (QED) is 0.141. The van der Waals surface area contributed by atoms with E-state index in [2.05, 4.69) is 222 Å². The van der Waals surface area contributed by atoms with Crippen molar-refractivity contribution in [2.24, 2.45) is 0 Å². The van der Waals surface area contributed by atoms with E-state index in [-0.39, 0.29) is 6.61 Å². The Labute approximate surface area is 343 Å². The first-order valence-corrected chi connectivity index (χ1v) is 20.1. The molecular weight excluding hydrogens is 703 g/mol. The lowest BCUT2D eigenvalue weighted by molar-refractivity contribution is 0.282. The maximum absolute atomic E-state index is 10.1. The molecule has 8 aromatic rings. The number of aliphatic hydroxyl groups is 1. The molecule has 2 nitrogen and oxygen atoms in total. The van der Waals surface area contributed by atoms with Crippen LogP contribution in [0.25, 0.3) is 34.1 Å². The average molecular weight is 752 g/mol. The Balaban J connectivity index is 1.30. The van der Waals surface area contributed by atoms with Crippen LogP contribution in [-0.2, 0) is 6.61 Å². The van der Waals surface area contributed by atoms with Crippen LogP contribution in [0.1, 0.15) is 66.8 Å². The van der Waals surface area contributed by atoms with Crippen molar-refractivity contribution in [3.63, 3.8) is 0 Å².